The Hall–Kier alpha value is -0.920. The molecule has 0 saturated heterocycles. The van der Waals surface area contributed by atoms with Gasteiger partial charge in [-0.1, -0.05) is 12.1 Å². The van der Waals surface area contributed by atoms with Gasteiger partial charge in [0.1, 0.15) is 11.9 Å². The fourth-order valence-corrected chi connectivity index (χ4v) is 4.27. The van der Waals surface area contributed by atoms with Crippen molar-refractivity contribution in [2.45, 2.75) is 19.9 Å². The van der Waals surface area contributed by atoms with E-state index in [-0.39, 0.29) is 0 Å². The predicted molar refractivity (Wildman–Crippen MR) is 81.7 cm³/mol. The molecule has 0 heterocycles. The fourth-order valence-electron chi connectivity index (χ4n) is 1.74. The zero-order valence-corrected chi connectivity index (χ0v) is 13.5. The quantitative estimate of drug-likeness (QED) is 0.424. The lowest BCUT2D eigenvalue weighted by Gasteiger charge is -2.26. The number of nitrogens with zero attached hydrogens (tertiary/aromatic N) is 1. The Morgan fingerprint density at radius 2 is 2.05 bits per heavy atom. The molecular weight excluding hydrogens is 318 g/mol. The molecule has 0 aliphatic carbocycles. The molecule has 1 rings (SSSR count). The van der Waals surface area contributed by atoms with E-state index in [0.29, 0.717) is 18.8 Å². The number of rotatable bonds is 9. The monoisotopic (exact) mass is 336 g/mol. The van der Waals surface area contributed by atoms with Crippen molar-refractivity contribution in [2.75, 3.05) is 19.8 Å². The normalized spacial score (nSPS) is 13.1. The van der Waals surface area contributed by atoms with Gasteiger partial charge in [-0.3, -0.25) is 10.1 Å². The highest BCUT2D eigenvalue weighted by atomic mass is 32.5. The van der Waals surface area contributed by atoms with Gasteiger partial charge in [0.15, 0.2) is 0 Å². The first kappa shape index (κ1) is 18.1. The molecule has 0 radical (unpaired) electrons. The van der Waals surface area contributed by atoms with Crippen molar-refractivity contribution in [3.05, 3.63) is 45.8 Å². The molecule has 1 atom stereocenters. The van der Waals surface area contributed by atoms with Gasteiger partial charge in [0.2, 0.25) is 6.54 Å². The molecule has 1 aromatic rings. The largest absolute Gasteiger partial charge is 0.318 e. The van der Waals surface area contributed by atoms with Crippen molar-refractivity contribution >= 4 is 18.4 Å². The van der Waals surface area contributed by atoms with Crippen molar-refractivity contribution in [1.82, 2.24) is 5.09 Å². The second-order valence-electron chi connectivity index (χ2n) is 4.09. The first-order chi connectivity index (χ1) is 9.90. The lowest BCUT2D eigenvalue weighted by molar-refractivity contribution is -0.484. The maximum absolute atomic E-state index is 13.3. The van der Waals surface area contributed by atoms with Crippen molar-refractivity contribution in [3.8, 4) is 0 Å². The Morgan fingerprint density at radius 1 is 1.43 bits per heavy atom. The molecule has 0 saturated carbocycles. The van der Waals surface area contributed by atoms with Crippen LogP contribution in [0, 0.1) is 15.9 Å². The van der Waals surface area contributed by atoms with Crippen LogP contribution in [0.25, 0.3) is 0 Å². The third-order valence-electron chi connectivity index (χ3n) is 2.49. The molecule has 9 heteroatoms. The van der Waals surface area contributed by atoms with Gasteiger partial charge in [0.25, 0.3) is 6.64 Å². The van der Waals surface area contributed by atoms with E-state index >= 15 is 0 Å². The molecular formula is C12H18FN2O4PS. The van der Waals surface area contributed by atoms with Gasteiger partial charge in [-0.05, 0) is 43.4 Å². The highest BCUT2D eigenvalue weighted by Gasteiger charge is 2.27. The Morgan fingerprint density at radius 3 is 2.52 bits per heavy atom. The number of hydrogen-bond donors (Lipinski definition) is 1. The number of nitro groups is 1. The second kappa shape index (κ2) is 8.51. The predicted octanol–water partition coefficient (Wildman–Crippen LogP) is 3.03. The van der Waals surface area contributed by atoms with Crippen LogP contribution in [0.4, 0.5) is 4.39 Å². The average molecular weight is 336 g/mol. The van der Waals surface area contributed by atoms with Gasteiger partial charge in [0, 0.05) is 4.92 Å². The Kier molecular flexibility index (Phi) is 7.34. The third kappa shape index (κ3) is 6.15. The van der Waals surface area contributed by atoms with E-state index < -0.39 is 30.0 Å². The Balaban J connectivity index is 3.02. The number of hydrogen-bond acceptors (Lipinski definition) is 5. The molecule has 0 amide bonds. The summed E-state index contributed by atoms with van der Waals surface area (Å²) in [7, 11) is 0. The highest BCUT2D eigenvalue weighted by Crippen LogP contribution is 2.46. The molecule has 0 bridgehead atoms. The molecule has 0 aromatic heterocycles. The summed E-state index contributed by atoms with van der Waals surface area (Å²) in [5.74, 6) is -0.469. The number of halogens is 1. The summed E-state index contributed by atoms with van der Waals surface area (Å²) < 4.78 is 24.1. The molecule has 118 valence electrons. The maximum Gasteiger partial charge on any atom is 0.261 e. The minimum atomic E-state index is -2.86. The van der Waals surface area contributed by atoms with E-state index in [4.69, 9.17) is 20.9 Å². The summed E-state index contributed by atoms with van der Waals surface area (Å²) in [5.41, 5.74) is 0.431. The van der Waals surface area contributed by atoms with Crippen LogP contribution >= 0.6 is 6.64 Å². The third-order valence-corrected chi connectivity index (χ3v) is 5.27. The zero-order valence-electron chi connectivity index (χ0n) is 11.8. The van der Waals surface area contributed by atoms with Crippen LogP contribution in [0.5, 0.6) is 0 Å². The molecule has 1 aromatic carbocycles. The first-order valence-corrected chi connectivity index (χ1v) is 9.08. The topological polar surface area (TPSA) is 73.6 Å². The summed E-state index contributed by atoms with van der Waals surface area (Å²) in [5, 5.41) is 13.7. The molecule has 0 spiro atoms. The standard InChI is InChI=1S/C12H18FN2O4PS/c1-3-18-20(21,19-4-2)14-12(9-15(16)17)10-6-5-7-11(13)8-10/h5-8,12H,3-4,9H2,1-2H3,(H,14,21)/t12-/m0/s1. The van der Waals surface area contributed by atoms with Gasteiger partial charge < -0.3 is 9.05 Å². The molecule has 0 aliphatic rings. The van der Waals surface area contributed by atoms with Crippen LogP contribution in [0.3, 0.4) is 0 Å². The number of nitrogens with one attached hydrogen (secondary N) is 1. The summed E-state index contributed by atoms with van der Waals surface area (Å²) in [4.78, 5) is 10.4. The fraction of sp³-hybridized carbons (Fsp3) is 0.500. The van der Waals surface area contributed by atoms with E-state index in [1.54, 1.807) is 19.9 Å². The first-order valence-electron chi connectivity index (χ1n) is 6.44. The van der Waals surface area contributed by atoms with Crippen LogP contribution in [0.15, 0.2) is 24.3 Å². The van der Waals surface area contributed by atoms with Crippen LogP contribution in [0.1, 0.15) is 25.5 Å². The SMILES string of the molecule is CCOP(=S)(N[C@@H](C[N+](=O)[O-])c1cccc(F)c1)OCC. The molecule has 0 fully saturated rings. The van der Waals surface area contributed by atoms with Crippen molar-refractivity contribution in [3.63, 3.8) is 0 Å². The summed E-state index contributed by atoms with van der Waals surface area (Å²) in [6, 6.07) is 4.82. The Bertz CT molecular complexity index is 522. The van der Waals surface area contributed by atoms with Crippen LogP contribution in [0.2, 0.25) is 0 Å². The van der Waals surface area contributed by atoms with Crippen molar-refractivity contribution in [2.24, 2.45) is 0 Å². The van der Waals surface area contributed by atoms with E-state index in [0.717, 1.165) is 0 Å². The van der Waals surface area contributed by atoms with Gasteiger partial charge in [0.05, 0.1) is 13.2 Å². The number of benzene rings is 1. The zero-order chi connectivity index (χ0) is 15.9. The molecule has 1 N–H and O–H groups in total. The lowest BCUT2D eigenvalue weighted by atomic mass is 10.1. The van der Waals surface area contributed by atoms with Gasteiger partial charge >= 0.3 is 0 Å². The summed E-state index contributed by atoms with van der Waals surface area (Å²) in [6.07, 6.45) is 0. The van der Waals surface area contributed by atoms with Crippen molar-refractivity contribution in [1.29, 1.82) is 0 Å². The summed E-state index contributed by atoms with van der Waals surface area (Å²) >= 11 is 5.30. The van der Waals surface area contributed by atoms with Crippen LogP contribution in [-0.4, -0.2) is 24.7 Å². The molecule has 6 nitrogen and oxygen atoms in total. The van der Waals surface area contributed by atoms with E-state index in [9.17, 15) is 14.5 Å². The minimum Gasteiger partial charge on any atom is -0.318 e. The molecule has 21 heavy (non-hydrogen) atoms. The minimum absolute atomic E-state index is 0.318. The molecule has 0 unspecified atom stereocenters. The Labute approximate surface area is 128 Å². The van der Waals surface area contributed by atoms with Gasteiger partial charge in [-0.2, -0.15) is 0 Å². The smallest absolute Gasteiger partial charge is 0.261 e. The molecule has 0 aliphatic heterocycles. The lowest BCUT2D eigenvalue weighted by Crippen LogP contribution is -2.27. The highest BCUT2D eigenvalue weighted by molar-refractivity contribution is 8.08. The van der Waals surface area contributed by atoms with Gasteiger partial charge in [-0.15, -0.1) is 0 Å². The van der Waals surface area contributed by atoms with E-state index in [1.807, 2.05) is 0 Å². The maximum atomic E-state index is 13.3. The summed E-state index contributed by atoms with van der Waals surface area (Å²) in [6.45, 7) is 0.851. The van der Waals surface area contributed by atoms with Crippen LogP contribution in [-0.2, 0) is 20.9 Å². The van der Waals surface area contributed by atoms with Crippen molar-refractivity contribution < 1.29 is 18.4 Å². The van der Waals surface area contributed by atoms with Crippen LogP contribution < -0.4 is 5.09 Å². The van der Waals surface area contributed by atoms with E-state index in [2.05, 4.69) is 5.09 Å². The van der Waals surface area contributed by atoms with E-state index in [1.165, 1.54) is 18.2 Å². The average Bonchev–Trinajstić information content (AvgIpc) is 2.38. The van der Waals surface area contributed by atoms with Gasteiger partial charge in [-0.25, -0.2) is 9.48 Å². The second-order valence-corrected chi connectivity index (χ2v) is 7.30.